The number of carbonyl (C=O) groups excluding carboxylic acids is 1. The molecule has 0 spiro atoms. The smallest absolute Gasteiger partial charge is 0.356 e. The van der Waals surface area contributed by atoms with Gasteiger partial charge in [0.15, 0.2) is 0 Å². The molecule has 1 aliphatic heterocycles. The van der Waals surface area contributed by atoms with Crippen molar-refractivity contribution in [3.8, 4) is 0 Å². The Morgan fingerprint density at radius 1 is 1.33 bits per heavy atom. The molecule has 0 aliphatic carbocycles. The molecule has 0 saturated carbocycles. The topological polar surface area (TPSA) is 41.1 Å². The Balaban J connectivity index is 1.76. The predicted octanol–water partition coefficient (Wildman–Crippen LogP) is 3.70. The Bertz CT molecular complexity index is 539. The Morgan fingerprint density at radius 3 is 2.71 bits per heavy atom. The molecule has 1 aromatic carbocycles. The number of nitrogens with one attached hydrogen (secondary N) is 2. The van der Waals surface area contributed by atoms with Crippen LogP contribution in [0.15, 0.2) is 24.3 Å². The maximum Gasteiger partial charge on any atom is 0.416 e. The van der Waals surface area contributed by atoms with Crippen LogP contribution in [-0.4, -0.2) is 25.5 Å². The van der Waals surface area contributed by atoms with Gasteiger partial charge >= 0.3 is 6.18 Å². The van der Waals surface area contributed by atoms with E-state index in [2.05, 4.69) is 10.6 Å². The summed E-state index contributed by atoms with van der Waals surface area (Å²) in [6.45, 7) is 4.30. The van der Waals surface area contributed by atoms with Crippen LogP contribution in [0, 0.1) is 5.92 Å². The molecule has 1 saturated heterocycles. The molecular formula is C18H25F3N2O. The highest BCUT2D eigenvalue weighted by molar-refractivity contribution is 5.76. The molecule has 0 bridgehead atoms. The van der Waals surface area contributed by atoms with Gasteiger partial charge in [0.05, 0.1) is 5.56 Å². The molecule has 0 unspecified atom stereocenters. The van der Waals surface area contributed by atoms with E-state index in [1.165, 1.54) is 12.1 Å². The first kappa shape index (κ1) is 18.8. The van der Waals surface area contributed by atoms with Crippen LogP contribution in [0.3, 0.4) is 0 Å². The SMILES string of the molecule is C[C@@H](CCNC(=O)CC1CCNCC1)c1cccc(C(F)(F)F)c1. The minimum absolute atomic E-state index is 0.0357. The average molecular weight is 342 g/mol. The standard InChI is InChI=1S/C18H25F3N2O/c1-13(15-3-2-4-16(12-15)18(19,20)21)5-10-23-17(24)11-14-6-8-22-9-7-14/h2-4,12-14,22H,5-11H2,1H3,(H,23,24)/t13-/m0/s1. The number of halogens is 3. The first-order valence-electron chi connectivity index (χ1n) is 8.51. The molecule has 24 heavy (non-hydrogen) atoms. The summed E-state index contributed by atoms with van der Waals surface area (Å²) in [6, 6.07) is 5.42. The van der Waals surface area contributed by atoms with Crippen LogP contribution in [-0.2, 0) is 11.0 Å². The lowest BCUT2D eigenvalue weighted by Gasteiger charge is -2.22. The number of hydrogen-bond acceptors (Lipinski definition) is 2. The van der Waals surface area contributed by atoms with Crippen LogP contribution >= 0.6 is 0 Å². The molecule has 1 heterocycles. The fourth-order valence-electron chi connectivity index (χ4n) is 3.04. The molecule has 2 N–H and O–H groups in total. The van der Waals surface area contributed by atoms with Crippen LogP contribution in [0.1, 0.15) is 49.7 Å². The molecule has 6 heteroatoms. The van der Waals surface area contributed by atoms with Gasteiger partial charge in [-0.2, -0.15) is 13.2 Å². The zero-order valence-corrected chi connectivity index (χ0v) is 14.0. The summed E-state index contributed by atoms with van der Waals surface area (Å²) in [4.78, 5) is 11.9. The molecule has 0 radical (unpaired) electrons. The number of rotatable bonds is 6. The number of benzene rings is 1. The number of alkyl halides is 3. The molecule has 134 valence electrons. The van der Waals surface area contributed by atoms with Crippen LogP contribution in [0.25, 0.3) is 0 Å². The first-order valence-corrected chi connectivity index (χ1v) is 8.51. The van der Waals surface area contributed by atoms with Crippen LogP contribution in [0.5, 0.6) is 0 Å². The van der Waals surface area contributed by atoms with E-state index < -0.39 is 11.7 Å². The Kier molecular flexibility index (Phi) is 6.66. The lowest BCUT2D eigenvalue weighted by atomic mass is 9.94. The predicted molar refractivity (Wildman–Crippen MR) is 87.7 cm³/mol. The summed E-state index contributed by atoms with van der Waals surface area (Å²) in [5.41, 5.74) is 0.0271. The third-order valence-corrected chi connectivity index (χ3v) is 4.62. The summed E-state index contributed by atoms with van der Waals surface area (Å²) >= 11 is 0. The van der Waals surface area contributed by atoms with Gasteiger partial charge in [-0.3, -0.25) is 4.79 Å². The lowest BCUT2D eigenvalue weighted by molar-refractivity contribution is -0.137. The summed E-state index contributed by atoms with van der Waals surface area (Å²) < 4.78 is 38.3. The van der Waals surface area contributed by atoms with Gasteiger partial charge in [-0.05, 0) is 55.8 Å². The summed E-state index contributed by atoms with van der Waals surface area (Å²) in [7, 11) is 0. The summed E-state index contributed by atoms with van der Waals surface area (Å²) in [5.74, 6) is 0.441. The highest BCUT2D eigenvalue weighted by Crippen LogP contribution is 2.31. The van der Waals surface area contributed by atoms with E-state index in [-0.39, 0.29) is 11.8 Å². The van der Waals surface area contributed by atoms with Crippen molar-refractivity contribution in [1.82, 2.24) is 10.6 Å². The van der Waals surface area contributed by atoms with Gasteiger partial charge in [0.1, 0.15) is 0 Å². The van der Waals surface area contributed by atoms with Crippen LogP contribution < -0.4 is 10.6 Å². The Morgan fingerprint density at radius 2 is 2.04 bits per heavy atom. The van der Waals surface area contributed by atoms with Crippen molar-refractivity contribution in [2.45, 2.75) is 44.7 Å². The maximum atomic E-state index is 12.8. The third kappa shape index (κ3) is 5.82. The largest absolute Gasteiger partial charge is 0.416 e. The third-order valence-electron chi connectivity index (χ3n) is 4.62. The number of amides is 1. The van der Waals surface area contributed by atoms with E-state index in [4.69, 9.17) is 0 Å². The molecule has 1 aromatic rings. The molecule has 1 fully saturated rings. The van der Waals surface area contributed by atoms with E-state index in [1.807, 2.05) is 6.92 Å². The van der Waals surface area contributed by atoms with Gasteiger partial charge in [0.2, 0.25) is 5.91 Å². The minimum atomic E-state index is -4.32. The van der Waals surface area contributed by atoms with Crippen LogP contribution in [0.4, 0.5) is 13.2 Å². The maximum absolute atomic E-state index is 12.8. The van der Waals surface area contributed by atoms with E-state index in [0.29, 0.717) is 30.9 Å². The van der Waals surface area contributed by atoms with Crippen molar-refractivity contribution in [3.05, 3.63) is 35.4 Å². The molecule has 0 aromatic heterocycles. The average Bonchev–Trinajstić information content (AvgIpc) is 2.55. The summed E-state index contributed by atoms with van der Waals surface area (Å²) in [5, 5.41) is 6.16. The number of hydrogen-bond donors (Lipinski definition) is 2. The Labute approximate surface area is 141 Å². The molecule has 1 amide bonds. The second-order valence-corrected chi connectivity index (χ2v) is 6.56. The normalized spacial score (nSPS) is 17.5. The fraction of sp³-hybridized carbons (Fsp3) is 0.611. The molecular weight excluding hydrogens is 317 g/mol. The van der Waals surface area contributed by atoms with E-state index >= 15 is 0 Å². The second-order valence-electron chi connectivity index (χ2n) is 6.56. The van der Waals surface area contributed by atoms with Gasteiger partial charge in [-0.15, -0.1) is 0 Å². The van der Waals surface area contributed by atoms with Crippen molar-refractivity contribution in [1.29, 1.82) is 0 Å². The lowest BCUT2D eigenvalue weighted by Crippen LogP contribution is -2.32. The first-order chi connectivity index (χ1) is 11.4. The van der Waals surface area contributed by atoms with E-state index in [0.717, 1.165) is 32.0 Å². The van der Waals surface area contributed by atoms with Crippen LogP contribution in [0.2, 0.25) is 0 Å². The second kappa shape index (κ2) is 8.51. The number of piperidine rings is 1. The van der Waals surface area contributed by atoms with Gasteiger partial charge in [-0.25, -0.2) is 0 Å². The fourth-order valence-corrected chi connectivity index (χ4v) is 3.04. The quantitative estimate of drug-likeness (QED) is 0.827. The Hall–Kier alpha value is -1.56. The molecule has 2 rings (SSSR count). The van der Waals surface area contributed by atoms with Gasteiger partial charge in [0.25, 0.3) is 0 Å². The molecule has 1 aliphatic rings. The zero-order chi connectivity index (χ0) is 17.6. The molecule has 3 nitrogen and oxygen atoms in total. The van der Waals surface area contributed by atoms with E-state index in [9.17, 15) is 18.0 Å². The van der Waals surface area contributed by atoms with Gasteiger partial charge < -0.3 is 10.6 Å². The zero-order valence-electron chi connectivity index (χ0n) is 14.0. The molecule has 1 atom stereocenters. The van der Waals surface area contributed by atoms with Crippen molar-refractivity contribution in [2.75, 3.05) is 19.6 Å². The highest BCUT2D eigenvalue weighted by Gasteiger charge is 2.30. The van der Waals surface area contributed by atoms with Crippen molar-refractivity contribution < 1.29 is 18.0 Å². The minimum Gasteiger partial charge on any atom is -0.356 e. The summed E-state index contributed by atoms with van der Waals surface area (Å²) in [6.07, 6.45) is -1.11. The van der Waals surface area contributed by atoms with Gasteiger partial charge in [0, 0.05) is 13.0 Å². The number of carbonyl (C=O) groups is 1. The van der Waals surface area contributed by atoms with Crippen molar-refractivity contribution in [3.63, 3.8) is 0 Å². The van der Waals surface area contributed by atoms with Crippen molar-refractivity contribution >= 4 is 5.91 Å². The van der Waals surface area contributed by atoms with Crippen molar-refractivity contribution in [2.24, 2.45) is 5.92 Å². The highest BCUT2D eigenvalue weighted by atomic mass is 19.4. The van der Waals surface area contributed by atoms with Gasteiger partial charge in [-0.1, -0.05) is 25.1 Å². The monoisotopic (exact) mass is 342 g/mol. The van der Waals surface area contributed by atoms with E-state index in [1.54, 1.807) is 6.07 Å².